The monoisotopic (exact) mass is 477 g/mol. The molecule has 0 atom stereocenters. The molecule has 0 aliphatic heterocycles. The Morgan fingerprint density at radius 3 is 2.19 bits per heavy atom. The number of anilines is 2. The van der Waals surface area contributed by atoms with Gasteiger partial charge in [-0.25, -0.2) is 8.42 Å². The number of nitrogens with one attached hydrogen (secondary N) is 3. The van der Waals surface area contributed by atoms with Gasteiger partial charge in [0.1, 0.15) is 0 Å². The van der Waals surface area contributed by atoms with Gasteiger partial charge >= 0.3 is 5.97 Å². The van der Waals surface area contributed by atoms with Gasteiger partial charge in [0.2, 0.25) is 5.91 Å². The van der Waals surface area contributed by atoms with Crippen LogP contribution in [0.5, 0.6) is 0 Å². The first-order valence-corrected chi connectivity index (χ1v) is 12.0. The standard InChI is InChI=1S/C22H27N3O5S2/c1-4-11-30-21(27)10-9-20(26)24-22(31)23-17-5-7-19(8-6-17)32(28,29)25-18-13-15(2)12-16(3)14-18/h5-8,12-14,25H,4,9-11H2,1-3H3,(H2,23,24,26,31). The molecular weight excluding hydrogens is 450 g/mol. The van der Waals surface area contributed by atoms with Crippen LogP contribution >= 0.6 is 12.2 Å². The molecule has 0 spiro atoms. The predicted octanol–water partition coefficient (Wildman–Crippen LogP) is 3.65. The first-order chi connectivity index (χ1) is 15.1. The highest BCUT2D eigenvalue weighted by Crippen LogP contribution is 2.20. The van der Waals surface area contributed by atoms with Gasteiger partial charge in [-0.1, -0.05) is 13.0 Å². The number of rotatable bonds is 9. The Balaban J connectivity index is 1.90. The topological polar surface area (TPSA) is 114 Å². The SMILES string of the molecule is CCCOC(=O)CCC(=O)NC(=S)Nc1ccc(S(=O)(=O)Nc2cc(C)cc(C)c2)cc1. The Hall–Kier alpha value is -2.98. The maximum absolute atomic E-state index is 12.6. The summed E-state index contributed by atoms with van der Waals surface area (Å²) >= 11 is 5.09. The molecule has 0 saturated carbocycles. The maximum atomic E-state index is 12.6. The van der Waals surface area contributed by atoms with Gasteiger partial charge in [-0.2, -0.15) is 0 Å². The summed E-state index contributed by atoms with van der Waals surface area (Å²) in [5, 5.41) is 5.32. The minimum Gasteiger partial charge on any atom is -0.466 e. The number of amides is 1. The summed E-state index contributed by atoms with van der Waals surface area (Å²) in [7, 11) is -3.76. The van der Waals surface area contributed by atoms with E-state index in [-0.39, 0.29) is 22.8 Å². The van der Waals surface area contributed by atoms with Crippen molar-refractivity contribution >= 4 is 50.6 Å². The van der Waals surface area contributed by atoms with Gasteiger partial charge in [0.15, 0.2) is 5.11 Å². The Kier molecular flexibility index (Phi) is 9.15. The second-order valence-corrected chi connectivity index (χ2v) is 9.32. The quantitative estimate of drug-likeness (QED) is 0.373. The van der Waals surface area contributed by atoms with E-state index in [0.29, 0.717) is 24.4 Å². The lowest BCUT2D eigenvalue weighted by molar-refractivity contribution is -0.144. The first-order valence-electron chi connectivity index (χ1n) is 10.1. The molecule has 0 aromatic heterocycles. The van der Waals surface area contributed by atoms with Crippen molar-refractivity contribution in [1.82, 2.24) is 5.32 Å². The smallest absolute Gasteiger partial charge is 0.306 e. The number of hydrogen-bond acceptors (Lipinski definition) is 6. The van der Waals surface area contributed by atoms with Crippen molar-refractivity contribution in [3.63, 3.8) is 0 Å². The van der Waals surface area contributed by atoms with Gasteiger partial charge in [-0.15, -0.1) is 0 Å². The molecule has 0 bridgehead atoms. The van der Waals surface area contributed by atoms with E-state index in [1.54, 1.807) is 12.1 Å². The molecule has 0 saturated heterocycles. The number of thiocarbonyl (C=S) groups is 1. The second kappa shape index (κ2) is 11.6. The minimum atomic E-state index is -3.76. The van der Waals surface area contributed by atoms with Crippen molar-refractivity contribution in [2.24, 2.45) is 0 Å². The molecule has 1 amide bonds. The van der Waals surface area contributed by atoms with Crippen LogP contribution < -0.4 is 15.4 Å². The fourth-order valence-corrected chi connectivity index (χ4v) is 4.09. The lowest BCUT2D eigenvalue weighted by Gasteiger charge is -2.12. The second-order valence-electron chi connectivity index (χ2n) is 7.23. The molecule has 0 heterocycles. The summed E-state index contributed by atoms with van der Waals surface area (Å²) < 4.78 is 32.8. The van der Waals surface area contributed by atoms with Gasteiger partial charge < -0.3 is 15.4 Å². The summed E-state index contributed by atoms with van der Waals surface area (Å²) in [6, 6.07) is 11.4. The Morgan fingerprint density at radius 2 is 1.59 bits per heavy atom. The lowest BCUT2D eigenvalue weighted by Crippen LogP contribution is -2.34. The van der Waals surface area contributed by atoms with Gasteiger partial charge in [-0.05, 0) is 80.0 Å². The average Bonchev–Trinajstić information content (AvgIpc) is 2.70. The Labute approximate surface area is 193 Å². The number of hydrogen-bond donors (Lipinski definition) is 3. The molecule has 0 radical (unpaired) electrons. The third-order valence-corrected chi connectivity index (χ3v) is 5.77. The Morgan fingerprint density at radius 1 is 0.969 bits per heavy atom. The molecule has 8 nitrogen and oxygen atoms in total. The van der Waals surface area contributed by atoms with Gasteiger partial charge in [0.05, 0.1) is 17.9 Å². The van der Waals surface area contributed by atoms with Gasteiger partial charge in [-0.3, -0.25) is 14.3 Å². The summed E-state index contributed by atoms with van der Waals surface area (Å²) in [6.45, 7) is 6.00. The molecule has 2 aromatic carbocycles. The highest BCUT2D eigenvalue weighted by molar-refractivity contribution is 7.92. The van der Waals surface area contributed by atoms with Crippen LogP contribution in [0.25, 0.3) is 0 Å². The molecule has 10 heteroatoms. The highest BCUT2D eigenvalue weighted by Gasteiger charge is 2.15. The van der Waals surface area contributed by atoms with Crippen LogP contribution in [0.1, 0.15) is 37.3 Å². The summed E-state index contributed by atoms with van der Waals surface area (Å²) in [5.41, 5.74) is 2.90. The largest absolute Gasteiger partial charge is 0.466 e. The molecule has 32 heavy (non-hydrogen) atoms. The van der Waals surface area contributed by atoms with E-state index in [1.807, 2.05) is 26.8 Å². The molecule has 0 aliphatic rings. The van der Waals surface area contributed by atoms with E-state index in [4.69, 9.17) is 17.0 Å². The molecule has 172 valence electrons. The van der Waals surface area contributed by atoms with E-state index >= 15 is 0 Å². The number of ether oxygens (including phenoxy) is 1. The number of benzene rings is 2. The molecular formula is C22H27N3O5S2. The summed E-state index contributed by atoms with van der Waals surface area (Å²) in [6.07, 6.45) is 0.633. The van der Waals surface area contributed by atoms with Crippen molar-refractivity contribution in [2.75, 3.05) is 16.6 Å². The summed E-state index contributed by atoms with van der Waals surface area (Å²) in [4.78, 5) is 23.4. The van der Waals surface area contributed by atoms with Crippen molar-refractivity contribution in [1.29, 1.82) is 0 Å². The van der Waals surface area contributed by atoms with Crippen LogP contribution in [-0.4, -0.2) is 32.0 Å². The molecule has 3 N–H and O–H groups in total. The van der Waals surface area contributed by atoms with Crippen molar-refractivity contribution in [3.05, 3.63) is 53.6 Å². The van der Waals surface area contributed by atoms with Crippen LogP contribution in [0.15, 0.2) is 47.4 Å². The number of aryl methyl sites for hydroxylation is 2. The zero-order valence-corrected chi connectivity index (χ0v) is 19.9. The maximum Gasteiger partial charge on any atom is 0.306 e. The van der Waals surface area contributed by atoms with Crippen molar-refractivity contribution in [3.8, 4) is 0 Å². The van der Waals surface area contributed by atoms with Crippen LogP contribution in [0.3, 0.4) is 0 Å². The van der Waals surface area contributed by atoms with Gasteiger partial charge in [0, 0.05) is 17.8 Å². The fourth-order valence-electron chi connectivity index (χ4n) is 2.82. The number of sulfonamides is 1. The predicted molar refractivity (Wildman–Crippen MR) is 128 cm³/mol. The highest BCUT2D eigenvalue weighted by atomic mass is 32.2. The first kappa shape index (κ1) is 25.3. The summed E-state index contributed by atoms with van der Waals surface area (Å²) in [5.74, 6) is -0.861. The third kappa shape index (κ3) is 8.27. The molecule has 0 fully saturated rings. The molecule has 0 unspecified atom stereocenters. The zero-order valence-electron chi connectivity index (χ0n) is 18.2. The van der Waals surface area contributed by atoms with E-state index in [1.165, 1.54) is 24.3 Å². The van der Waals surface area contributed by atoms with E-state index < -0.39 is 21.9 Å². The molecule has 2 rings (SSSR count). The van der Waals surface area contributed by atoms with Crippen LogP contribution in [0.2, 0.25) is 0 Å². The average molecular weight is 478 g/mol. The fraction of sp³-hybridized carbons (Fsp3) is 0.318. The number of esters is 1. The van der Waals surface area contributed by atoms with Crippen LogP contribution in [-0.2, 0) is 24.3 Å². The van der Waals surface area contributed by atoms with E-state index in [2.05, 4.69) is 15.4 Å². The molecule has 0 aliphatic carbocycles. The number of carbonyl (C=O) groups is 2. The normalized spacial score (nSPS) is 10.8. The van der Waals surface area contributed by atoms with E-state index in [9.17, 15) is 18.0 Å². The van der Waals surface area contributed by atoms with Crippen molar-refractivity contribution in [2.45, 2.75) is 44.9 Å². The van der Waals surface area contributed by atoms with Crippen LogP contribution in [0, 0.1) is 13.8 Å². The number of carbonyl (C=O) groups excluding carboxylic acids is 2. The van der Waals surface area contributed by atoms with Gasteiger partial charge in [0.25, 0.3) is 10.0 Å². The lowest BCUT2D eigenvalue weighted by atomic mass is 10.1. The third-order valence-electron chi connectivity index (χ3n) is 4.17. The van der Waals surface area contributed by atoms with Crippen molar-refractivity contribution < 1.29 is 22.7 Å². The molecule has 2 aromatic rings. The van der Waals surface area contributed by atoms with E-state index in [0.717, 1.165) is 11.1 Å². The Bertz CT molecular complexity index is 1060. The minimum absolute atomic E-state index is 0.0333. The van der Waals surface area contributed by atoms with Crippen LogP contribution in [0.4, 0.5) is 11.4 Å². The zero-order chi connectivity index (χ0) is 23.7.